The number of hydrogen-bond donors (Lipinski definition) is 1. The summed E-state index contributed by atoms with van der Waals surface area (Å²) in [6.45, 7) is 0.853. The van der Waals surface area contributed by atoms with Crippen LogP contribution in [0.4, 0.5) is 35.9 Å². The second kappa shape index (κ2) is 8.17. The van der Waals surface area contributed by atoms with Crippen molar-refractivity contribution >= 4 is 39.4 Å². The van der Waals surface area contributed by atoms with Gasteiger partial charge in [0.15, 0.2) is 6.61 Å². The van der Waals surface area contributed by atoms with Gasteiger partial charge in [-0.25, -0.2) is 0 Å². The number of rotatable bonds is 3. The number of nitrogens with zero attached hydrogens (tertiary/aromatic N) is 2. The lowest BCUT2D eigenvalue weighted by Gasteiger charge is -2.34. The van der Waals surface area contributed by atoms with Gasteiger partial charge in [0, 0.05) is 43.3 Å². The normalized spacial score (nSPS) is 17.2. The molecular formula is C25H24F3N3O2. The predicted molar refractivity (Wildman–Crippen MR) is 124 cm³/mol. The molecule has 0 spiro atoms. The van der Waals surface area contributed by atoms with Crippen LogP contribution >= 0.6 is 0 Å². The second-order valence-electron chi connectivity index (χ2n) is 8.60. The van der Waals surface area contributed by atoms with E-state index in [2.05, 4.69) is 5.32 Å². The molecule has 1 saturated heterocycles. The number of likely N-dealkylation sites (N-methyl/N-ethyl adjacent to an activating group) is 1. The zero-order chi connectivity index (χ0) is 23.2. The molecule has 1 N–H and O–H groups in total. The van der Waals surface area contributed by atoms with Crippen LogP contribution in [0.3, 0.4) is 0 Å². The monoisotopic (exact) mass is 455 g/mol. The van der Waals surface area contributed by atoms with Crippen LogP contribution in [0.5, 0.6) is 5.75 Å². The summed E-state index contributed by atoms with van der Waals surface area (Å²) in [4.78, 5) is 15.4. The lowest BCUT2D eigenvalue weighted by atomic mass is 9.95. The average molecular weight is 455 g/mol. The van der Waals surface area contributed by atoms with E-state index in [-0.39, 0.29) is 25.4 Å². The Morgan fingerprint density at radius 3 is 2.36 bits per heavy atom. The third kappa shape index (κ3) is 4.29. The van der Waals surface area contributed by atoms with Crippen LogP contribution in [-0.2, 0) is 4.79 Å². The van der Waals surface area contributed by atoms with Crippen molar-refractivity contribution in [2.24, 2.45) is 5.92 Å². The summed E-state index contributed by atoms with van der Waals surface area (Å²) < 4.78 is 44.4. The van der Waals surface area contributed by atoms with Crippen molar-refractivity contribution in [3.63, 3.8) is 0 Å². The molecular weight excluding hydrogens is 431 g/mol. The minimum absolute atomic E-state index is 0.0269. The van der Waals surface area contributed by atoms with Crippen LogP contribution in [0, 0.1) is 5.92 Å². The minimum atomic E-state index is -4.10. The van der Waals surface area contributed by atoms with Gasteiger partial charge in [-0.1, -0.05) is 12.1 Å². The fraction of sp³-hybridized carbons (Fsp3) is 0.320. The Hall–Kier alpha value is -3.42. The van der Waals surface area contributed by atoms with Crippen molar-refractivity contribution in [1.82, 2.24) is 0 Å². The van der Waals surface area contributed by atoms with Gasteiger partial charge in [0.1, 0.15) is 5.75 Å². The number of piperidine rings is 1. The van der Waals surface area contributed by atoms with Crippen LogP contribution in [0.2, 0.25) is 0 Å². The quantitative estimate of drug-likeness (QED) is 0.549. The van der Waals surface area contributed by atoms with Gasteiger partial charge in [0.25, 0.3) is 5.91 Å². The highest BCUT2D eigenvalue weighted by atomic mass is 19.4. The number of hydrogen-bond acceptors (Lipinski definition) is 4. The molecule has 0 saturated carbocycles. The van der Waals surface area contributed by atoms with E-state index in [9.17, 15) is 18.0 Å². The highest BCUT2D eigenvalue weighted by Crippen LogP contribution is 2.37. The Kier molecular flexibility index (Phi) is 5.31. The maximum absolute atomic E-state index is 12.9. The van der Waals surface area contributed by atoms with Gasteiger partial charge in [-0.05, 0) is 60.0 Å². The molecule has 33 heavy (non-hydrogen) atoms. The van der Waals surface area contributed by atoms with Gasteiger partial charge in [-0.15, -0.1) is 0 Å². The lowest BCUT2D eigenvalue weighted by Crippen LogP contribution is -2.38. The van der Waals surface area contributed by atoms with Crippen molar-refractivity contribution < 1.29 is 22.7 Å². The molecule has 172 valence electrons. The third-order valence-corrected chi connectivity index (χ3v) is 6.48. The maximum Gasteiger partial charge on any atom is 0.391 e. The van der Waals surface area contributed by atoms with Crippen LogP contribution in [0.15, 0.2) is 54.6 Å². The number of alkyl halides is 3. The first-order valence-electron chi connectivity index (χ1n) is 10.9. The standard InChI is InChI=1S/C25H24F3N3O2/c1-30-22-7-5-20(14-23(22)33-15-24(30)32)29-19-4-2-17-13-21(6-3-16(17)12-19)31-10-8-18(9-11-31)25(26,27)28/h2-7,12-14,18,29H,8-11,15H2,1H3. The number of anilines is 4. The van der Waals surface area contributed by atoms with E-state index < -0.39 is 12.1 Å². The van der Waals surface area contributed by atoms with Crippen molar-refractivity contribution in [3.8, 4) is 5.75 Å². The van der Waals surface area contributed by atoms with E-state index >= 15 is 0 Å². The number of amides is 1. The van der Waals surface area contributed by atoms with E-state index in [1.165, 1.54) is 0 Å². The molecule has 0 radical (unpaired) electrons. The molecule has 2 aliphatic heterocycles. The van der Waals surface area contributed by atoms with E-state index in [4.69, 9.17) is 4.74 Å². The van der Waals surface area contributed by atoms with Gasteiger partial charge in [-0.2, -0.15) is 13.2 Å². The van der Waals surface area contributed by atoms with E-state index in [1.807, 2.05) is 59.5 Å². The van der Waals surface area contributed by atoms with Crippen LogP contribution < -0.4 is 19.9 Å². The van der Waals surface area contributed by atoms with Gasteiger partial charge in [0.05, 0.1) is 11.6 Å². The zero-order valence-electron chi connectivity index (χ0n) is 18.2. The van der Waals surface area contributed by atoms with Crippen molar-refractivity contribution in [2.75, 3.05) is 41.9 Å². The van der Waals surface area contributed by atoms with Gasteiger partial charge in [-0.3, -0.25) is 4.79 Å². The SMILES string of the molecule is CN1C(=O)COc2cc(Nc3ccc4cc(N5CCC(C(F)(F)F)CC5)ccc4c3)ccc21. The Labute approximate surface area is 189 Å². The molecule has 8 heteroatoms. The topological polar surface area (TPSA) is 44.8 Å². The number of carbonyl (C=O) groups is 1. The fourth-order valence-electron chi connectivity index (χ4n) is 4.49. The molecule has 1 amide bonds. The third-order valence-electron chi connectivity index (χ3n) is 6.48. The smallest absolute Gasteiger partial charge is 0.391 e. The van der Waals surface area contributed by atoms with Crippen molar-refractivity contribution in [3.05, 3.63) is 54.6 Å². The molecule has 0 atom stereocenters. The van der Waals surface area contributed by atoms with E-state index in [1.54, 1.807) is 11.9 Å². The number of ether oxygens (including phenoxy) is 1. The molecule has 0 bridgehead atoms. The highest BCUT2D eigenvalue weighted by molar-refractivity contribution is 5.97. The van der Waals surface area contributed by atoms with Crippen molar-refractivity contribution in [1.29, 1.82) is 0 Å². The number of halogens is 3. The van der Waals surface area contributed by atoms with Gasteiger partial charge >= 0.3 is 6.18 Å². The fourth-order valence-corrected chi connectivity index (χ4v) is 4.49. The first-order chi connectivity index (χ1) is 15.8. The summed E-state index contributed by atoms with van der Waals surface area (Å²) >= 11 is 0. The summed E-state index contributed by atoms with van der Waals surface area (Å²) in [5, 5.41) is 5.44. The van der Waals surface area contributed by atoms with Gasteiger partial charge in [0.2, 0.25) is 0 Å². The number of nitrogens with one attached hydrogen (secondary N) is 1. The largest absolute Gasteiger partial charge is 0.481 e. The molecule has 3 aromatic carbocycles. The summed E-state index contributed by atoms with van der Waals surface area (Å²) in [5.41, 5.74) is 3.44. The molecule has 0 aromatic heterocycles. The van der Waals surface area contributed by atoms with Gasteiger partial charge < -0.3 is 19.9 Å². The predicted octanol–water partition coefficient (Wildman–Crippen LogP) is 5.72. The summed E-state index contributed by atoms with van der Waals surface area (Å²) in [6.07, 6.45) is -3.83. The summed E-state index contributed by atoms with van der Waals surface area (Å²) in [5.74, 6) is -0.624. The Morgan fingerprint density at radius 1 is 0.939 bits per heavy atom. The Morgan fingerprint density at radius 2 is 1.61 bits per heavy atom. The van der Waals surface area contributed by atoms with Crippen LogP contribution in [0.1, 0.15) is 12.8 Å². The lowest BCUT2D eigenvalue weighted by molar-refractivity contribution is -0.179. The van der Waals surface area contributed by atoms with Crippen LogP contribution in [-0.4, -0.2) is 38.8 Å². The summed E-state index contributed by atoms with van der Waals surface area (Å²) in [7, 11) is 1.73. The molecule has 0 aliphatic carbocycles. The Bertz CT molecular complexity index is 1200. The summed E-state index contributed by atoms with van der Waals surface area (Å²) in [6, 6.07) is 17.6. The maximum atomic E-state index is 12.9. The molecule has 2 aliphatic rings. The van der Waals surface area contributed by atoms with Crippen molar-refractivity contribution in [2.45, 2.75) is 19.0 Å². The average Bonchev–Trinajstić information content (AvgIpc) is 2.81. The number of benzene rings is 3. The van der Waals surface area contributed by atoms with E-state index in [0.29, 0.717) is 18.8 Å². The highest BCUT2D eigenvalue weighted by Gasteiger charge is 2.41. The number of fused-ring (bicyclic) bond motifs is 2. The molecule has 5 rings (SSSR count). The van der Waals surface area contributed by atoms with E-state index in [0.717, 1.165) is 33.5 Å². The Balaban J connectivity index is 1.30. The zero-order valence-corrected chi connectivity index (χ0v) is 18.2. The molecule has 5 nitrogen and oxygen atoms in total. The number of carbonyl (C=O) groups excluding carboxylic acids is 1. The first-order valence-corrected chi connectivity index (χ1v) is 10.9. The molecule has 0 unspecified atom stereocenters. The second-order valence-corrected chi connectivity index (χ2v) is 8.60. The molecule has 3 aromatic rings. The molecule has 1 fully saturated rings. The first kappa shape index (κ1) is 21.4. The van der Waals surface area contributed by atoms with Crippen LogP contribution in [0.25, 0.3) is 10.8 Å². The minimum Gasteiger partial charge on any atom is -0.481 e. The molecule has 2 heterocycles.